The number of furan rings is 1. The summed E-state index contributed by atoms with van der Waals surface area (Å²) in [5.41, 5.74) is 10.8. The number of nitrogens with zero attached hydrogens (tertiary/aromatic N) is 4. The number of rotatable bonds is 6. The molecule has 0 fully saturated rings. The fourth-order valence-corrected chi connectivity index (χ4v) is 7.83. The molecule has 5 nitrogen and oxygen atoms in total. The first kappa shape index (κ1) is 30.1. The van der Waals surface area contributed by atoms with Gasteiger partial charge >= 0.3 is 0 Å². The second kappa shape index (κ2) is 12.5. The van der Waals surface area contributed by atoms with Crippen LogP contribution in [0.1, 0.15) is 0 Å². The van der Waals surface area contributed by atoms with Crippen LogP contribution in [0.5, 0.6) is 0 Å². The van der Waals surface area contributed by atoms with Crippen LogP contribution < -0.4 is 0 Å². The second-order valence-electron chi connectivity index (χ2n) is 12.7. The van der Waals surface area contributed by atoms with Crippen molar-refractivity contribution in [3.05, 3.63) is 170 Å². The summed E-state index contributed by atoms with van der Waals surface area (Å²) in [6.45, 7) is 0. The maximum absolute atomic E-state index is 6.85. The summed E-state index contributed by atoms with van der Waals surface area (Å²) >= 11 is 1.72. The summed E-state index contributed by atoms with van der Waals surface area (Å²) in [5.74, 6) is 1.79. The molecule has 7 aromatic carbocycles. The van der Waals surface area contributed by atoms with Gasteiger partial charge in [-0.15, -0.1) is 11.3 Å². The lowest BCUT2D eigenvalue weighted by Crippen LogP contribution is -2.00. The van der Waals surface area contributed by atoms with E-state index in [-0.39, 0.29) is 0 Å². The molecule has 10 rings (SSSR count). The van der Waals surface area contributed by atoms with Crippen LogP contribution in [-0.4, -0.2) is 19.9 Å². The summed E-state index contributed by atoms with van der Waals surface area (Å²) in [6, 6.07) is 58.1. The third kappa shape index (κ3) is 5.34. The fourth-order valence-electron chi connectivity index (χ4n) is 6.83. The Morgan fingerprint density at radius 3 is 1.58 bits per heavy atom. The van der Waals surface area contributed by atoms with Crippen LogP contribution in [0.2, 0.25) is 0 Å². The quantitative estimate of drug-likeness (QED) is 0.174. The summed E-state index contributed by atoms with van der Waals surface area (Å²) in [4.78, 5) is 19.9. The van der Waals surface area contributed by atoms with Gasteiger partial charge in [-0.25, -0.2) is 19.9 Å². The number of benzene rings is 7. The average molecular weight is 685 g/mol. The van der Waals surface area contributed by atoms with E-state index in [1.807, 2.05) is 78.9 Å². The molecular weight excluding hydrogens is 657 g/mol. The molecule has 0 atom stereocenters. The highest BCUT2D eigenvalue weighted by atomic mass is 32.1. The smallest absolute Gasteiger partial charge is 0.167 e. The van der Waals surface area contributed by atoms with Gasteiger partial charge in [0.2, 0.25) is 0 Å². The van der Waals surface area contributed by atoms with Crippen LogP contribution in [0.15, 0.2) is 174 Å². The molecule has 0 aliphatic rings. The van der Waals surface area contributed by atoms with Gasteiger partial charge in [-0.2, -0.15) is 0 Å². The van der Waals surface area contributed by atoms with Crippen molar-refractivity contribution in [2.24, 2.45) is 0 Å². The number of thiazole rings is 1. The van der Waals surface area contributed by atoms with Gasteiger partial charge in [-0.05, 0) is 41.0 Å². The largest absolute Gasteiger partial charge is 0.455 e. The second-order valence-corrected chi connectivity index (χ2v) is 13.7. The molecule has 0 N–H and O–H groups in total. The van der Waals surface area contributed by atoms with Crippen molar-refractivity contribution < 1.29 is 4.42 Å². The average Bonchev–Trinajstić information content (AvgIpc) is 3.83. The van der Waals surface area contributed by atoms with E-state index in [1.54, 1.807) is 11.3 Å². The zero-order chi connectivity index (χ0) is 34.4. The van der Waals surface area contributed by atoms with E-state index < -0.39 is 0 Å². The first-order valence-corrected chi connectivity index (χ1v) is 18.0. The molecule has 6 heteroatoms. The van der Waals surface area contributed by atoms with Crippen LogP contribution >= 0.6 is 11.3 Å². The van der Waals surface area contributed by atoms with Crippen LogP contribution in [-0.2, 0) is 0 Å². The van der Waals surface area contributed by atoms with Gasteiger partial charge in [-0.3, -0.25) is 0 Å². The predicted octanol–water partition coefficient (Wildman–Crippen LogP) is 12.4. The molecule has 52 heavy (non-hydrogen) atoms. The predicted molar refractivity (Wildman–Crippen MR) is 213 cm³/mol. The molecule has 10 aromatic rings. The monoisotopic (exact) mass is 684 g/mol. The van der Waals surface area contributed by atoms with Crippen LogP contribution in [0, 0.1) is 0 Å². The number of fused-ring (bicyclic) bond motifs is 4. The van der Waals surface area contributed by atoms with E-state index in [4.69, 9.17) is 24.4 Å². The van der Waals surface area contributed by atoms with Gasteiger partial charge in [0.05, 0.1) is 15.8 Å². The summed E-state index contributed by atoms with van der Waals surface area (Å²) in [5, 5.41) is 3.03. The minimum atomic E-state index is 0.562. The zero-order valence-electron chi connectivity index (χ0n) is 27.8. The van der Waals surface area contributed by atoms with Crippen molar-refractivity contribution >= 4 is 43.5 Å². The highest BCUT2D eigenvalue weighted by Crippen LogP contribution is 2.41. The zero-order valence-corrected chi connectivity index (χ0v) is 28.6. The lowest BCUT2D eigenvalue weighted by Gasteiger charge is -2.08. The molecule has 244 valence electrons. The molecule has 0 unspecified atom stereocenters. The van der Waals surface area contributed by atoms with Crippen LogP contribution in [0.25, 0.3) is 99.1 Å². The molecule has 3 heterocycles. The Balaban J connectivity index is 1.08. The van der Waals surface area contributed by atoms with Crippen LogP contribution in [0.3, 0.4) is 0 Å². The lowest BCUT2D eigenvalue weighted by atomic mass is 10.0. The first-order chi connectivity index (χ1) is 25.7. The van der Waals surface area contributed by atoms with Gasteiger partial charge < -0.3 is 4.42 Å². The third-order valence-corrected chi connectivity index (χ3v) is 10.4. The Kier molecular flexibility index (Phi) is 7.25. The maximum Gasteiger partial charge on any atom is 0.167 e. The number of hydrogen-bond acceptors (Lipinski definition) is 6. The maximum atomic E-state index is 6.85. The van der Waals surface area contributed by atoms with Gasteiger partial charge in [0, 0.05) is 33.0 Å². The van der Waals surface area contributed by atoms with E-state index in [0.29, 0.717) is 17.5 Å². The SMILES string of the molecule is c1ccc(-c2ccc3nc(-c4cccc(-c5cccc6c5oc5c(-c7nc(-c8ccccc8)nc(-c8ccccc8)n7)cccc56)c4)sc3c2)cc1. The van der Waals surface area contributed by atoms with Gasteiger partial charge in [-0.1, -0.05) is 146 Å². The molecule has 3 aromatic heterocycles. The first-order valence-electron chi connectivity index (χ1n) is 17.1. The van der Waals surface area contributed by atoms with Crippen molar-refractivity contribution in [2.75, 3.05) is 0 Å². The highest BCUT2D eigenvalue weighted by Gasteiger charge is 2.20. The van der Waals surface area contributed by atoms with Gasteiger partial charge in [0.1, 0.15) is 16.2 Å². The Morgan fingerprint density at radius 1 is 0.365 bits per heavy atom. The van der Waals surface area contributed by atoms with Crippen molar-refractivity contribution in [2.45, 2.75) is 0 Å². The Morgan fingerprint density at radius 2 is 0.904 bits per heavy atom. The molecule has 0 radical (unpaired) electrons. The van der Waals surface area contributed by atoms with Gasteiger partial charge in [0.15, 0.2) is 17.5 Å². The topological polar surface area (TPSA) is 64.7 Å². The van der Waals surface area contributed by atoms with Gasteiger partial charge in [0.25, 0.3) is 0 Å². The van der Waals surface area contributed by atoms with E-state index >= 15 is 0 Å². The Labute approximate surface area is 303 Å². The highest BCUT2D eigenvalue weighted by molar-refractivity contribution is 7.21. The third-order valence-electron chi connectivity index (χ3n) is 9.38. The molecule has 0 saturated carbocycles. The van der Waals surface area contributed by atoms with E-state index in [1.165, 1.54) is 11.1 Å². The Bertz CT molecular complexity index is 2840. The summed E-state index contributed by atoms with van der Waals surface area (Å²) in [6.07, 6.45) is 0. The van der Waals surface area contributed by atoms with Crippen molar-refractivity contribution in [3.63, 3.8) is 0 Å². The van der Waals surface area contributed by atoms with E-state index in [0.717, 1.165) is 70.5 Å². The van der Waals surface area contributed by atoms with Crippen molar-refractivity contribution in [3.8, 4) is 67.0 Å². The van der Waals surface area contributed by atoms with E-state index in [2.05, 4.69) is 91.0 Å². The molecule has 0 spiro atoms. The molecule has 0 bridgehead atoms. The van der Waals surface area contributed by atoms with Crippen molar-refractivity contribution in [1.82, 2.24) is 19.9 Å². The Hall–Kier alpha value is -6.76. The summed E-state index contributed by atoms with van der Waals surface area (Å²) < 4.78 is 8.01. The summed E-state index contributed by atoms with van der Waals surface area (Å²) in [7, 11) is 0. The van der Waals surface area contributed by atoms with Crippen LogP contribution in [0.4, 0.5) is 0 Å². The molecule has 0 amide bonds. The minimum absolute atomic E-state index is 0.562. The molecular formula is C46H28N4OS. The number of hydrogen-bond donors (Lipinski definition) is 0. The van der Waals surface area contributed by atoms with E-state index in [9.17, 15) is 0 Å². The molecule has 0 saturated heterocycles. The van der Waals surface area contributed by atoms with Crippen molar-refractivity contribution in [1.29, 1.82) is 0 Å². The normalized spacial score (nSPS) is 11.5. The lowest BCUT2D eigenvalue weighted by molar-refractivity contribution is 0.670. The standard InChI is InChI=1S/C46H28N4OS/c1-4-13-29(14-5-1)32-25-26-39-40(28-32)52-46(47-39)34-20-10-19-33(27-34)35-21-11-22-36-37-23-12-24-38(42(37)51-41(35)36)45-49-43(30-15-6-2-7-16-30)48-44(50-45)31-17-8-3-9-18-31/h1-28H. The molecule has 0 aliphatic carbocycles. The number of para-hydroxylation sites is 2. The minimum Gasteiger partial charge on any atom is -0.455 e. The fraction of sp³-hybridized carbons (Fsp3) is 0. The molecule has 0 aliphatic heterocycles. The number of aromatic nitrogens is 4.